The molecule has 0 heterocycles. The van der Waals surface area contributed by atoms with E-state index in [0.717, 1.165) is 21.9 Å². The van der Waals surface area contributed by atoms with Gasteiger partial charge in [0.05, 0.1) is 0 Å². The molecule has 0 bridgehead atoms. The van der Waals surface area contributed by atoms with Crippen molar-refractivity contribution in [1.82, 2.24) is 0 Å². The van der Waals surface area contributed by atoms with Crippen LogP contribution in [0.15, 0.2) is 0 Å². The van der Waals surface area contributed by atoms with Gasteiger partial charge in [-0.05, 0) is 24.2 Å². The topological polar surface area (TPSA) is 0 Å². The van der Waals surface area contributed by atoms with Crippen molar-refractivity contribution in [2.75, 3.05) is 21.9 Å². The summed E-state index contributed by atoms with van der Waals surface area (Å²) < 4.78 is 0. The molecule has 0 aromatic carbocycles. The highest BCUT2D eigenvalue weighted by molar-refractivity contribution is 9.10. The van der Waals surface area contributed by atoms with Crippen molar-refractivity contribution in [3.05, 3.63) is 0 Å². The van der Waals surface area contributed by atoms with Crippen LogP contribution in [0.25, 0.3) is 0 Å². The van der Waals surface area contributed by atoms with Gasteiger partial charge >= 0.3 is 0 Å². The van der Waals surface area contributed by atoms with Crippen molar-refractivity contribution in [3.8, 4) is 0 Å². The van der Waals surface area contributed by atoms with Gasteiger partial charge in [-0.2, -0.15) is 0 Å². The van der Waals surface area contributed by atoms with E-state index >= 15 is 0 Å². The zero-order valence-corrected chi connectivity index (χ0v) is 13.3. The summed E-state index contributed by atoms with van der Waals surface area (Å²) in [5, 5.41) is 3.10. The molecule has 0 aromatic rings. The van der Waals surface area contributed by atoms with Gasteiger partial charge in [-0.3, -0.25) is 0 Å². The van der Waals surface area contributed by atoms with Crippen LogP contribution in [0.3, 0.4) is 0 Å². The molecule has 0 saturated carbocycles. The summed E-state index contributed by atoms with van der Waals surface area (Å²) in [7, 11) is 0. The first-order chi connectivity index (χ1) is 6.11. The van der Waals surface area contributed by atoms with Crippen LogP contribution in [0.1, 0.15) is 19.8 Å². The van der Waals surface area contributed by atoms with Gasteiger partial charge in [0.25, 0.3) is 0 Å². The first-order valence-electron chi connectivity index (χ1n) is 4.35. The highest BCUT2D eigenvalue weighted by atomic mass is 79.9. The molecule has 0 aromatic heterocycles. The van der Waals surface area contributed by atoms with Gasteiger partial charge in [-0.15, -0.1) is 11.6 Å². The van der Waals surface area contributed by atoms with Gasteiger partial charge in [-0.1, -0.05) is 54.7 Å². The van der Waals surface area contributed by atoms with Gasteiger partial charge in [-0.25, -0.2) is 0 Å². The van der Waals surface area contributed by atoms with Gasteiger partial charge in [0.1, 0.15) is 0 Å². The number of rotatable bonds is 7. The van der Waals surface area contributed by atoms with E-state index in [0.29, 0.717) is 11.3 Å². The predicted molar refractivity (Wildman–Crippen MR) is 72.9 cm³/mol. The maximum absolute atomic E-state index is 5.91. The quantitative estimate of drug-likeness (QED) is 0.539. The van der Waals surface area contributed by atoms with Crippen LogP contribution in [0.5, 0.6) is 0 Å². The molecule has 0 spiro atoms. The first-order valence-corrected chi connectivity index (χ1v) is 8.25. The molecule has 0 N–H and O–H groups in total. The molecule has 1 atom stereocenters. The van der Waals surface area contributed by atoms with E-state index in [9.17, 15) is 0 Å². The lowest BCUT2D eigenvalue weighted by Gasteiger charge is -2.28. The minimum absolute atomic E-state index is 0.335. The Morgan fingerprint density at radius 1 is 1.23 bits per heavy atom. The zero-order valence-electron chi connectivity index (χ0n) is 7.83. The molecule has 0 aliphatic heterocycles. The van der Waals surface area contributed by atoms with Crippen LogP contribution < -0.4 is 0 Å². The maximum atomic E-state index is 5.91. The van der Waals surface area contributed by atoms with Crippen molar-refractivity contribution >= 4 is 59.4 Å². The number of alkyl halides is 4. The van der Waals surface area contributed by atoms with E-state index in [1.165, 1.54) is 12.8 Å². The van der Waals surface area contributed by atoms with Crippen LogP contribution in [0.4, 0.5) is 0 Å². The van der Waals surface area contributed by atoms with E-state index in [-0.39, 0.29) is 0 Å². The minimum atomic E-state index is 0.335. The third kappa shape index (κ3) is 6.01. The molecule has 0 nitrogen and oxygen atoms in total. The van der Waals surface area contributed by atoms with Gasteiger partial charge < -0.3 is 0 Å². The summed E-state index contributed by atoms with van der Waals surface area (Å²) in [6.45, 7) is 2.28. The zero-order chi connectivity index (χ0) is 10.3. The predicted octanol–water partition coefficient (Wildman–Crippen LogP) is 4.81. The standard InChI is InChI=1S/C9H16Br3Cl/c1-9(6-11,7-12)4-8(5-13)2-3-10/h8H,2-7H2,1H3. The smallest absolute Gasteiger partial charge is 0.0252 e. The largest absolute Gasteiger partial charge is 0.126 e. The second kappa shape index (κ2) is 7.95. The van der Waals surface area contributed by atoms with E-state index in [2.05, 4.69) is 54.7 Å². The summed E-state index contributed by atoms with van der Waals surface area (Å²) in [6.07, 6.45) is 2.34. The average molecular weight is 399 g/mol. The second-order valence-electron chi connectivity index (χ2n) is 3.78. The molecule has 1 unspecified atom stereocenters. The van der Waals surface area contributed by atoms with Crippen LogP contribution in [0, 0.1) is 11.3 Å². The Hall–Kier alpha value is 1.73. The fraction of sp³-hybridized carbons (Fsp3) is 1.00. The van der Waals surface area contributed by atoms with Crippen molar-refractivity contribution < 1.29 is 0 Å². The lowest BCUT2D eigenvalue weighted by atomic mass is 9.84. The Kier molecular flexibility index (Phi) is 9.01. The summed E-state index contributed by atoms with van der Waals surface area (Å²) in [4.78, 5) is 0. The van der Waals surface area contributed by atoms with Gasteiger partial charge in [0, 0.05) is 21.9 Å². The number of hydrogen-bond acceptors (Lipinski definition) is 0. The molecule has 80 valence electrons. The lowest BCUT2D eigenvalue weighted by Crippen LogP contribution is -2.25. The molecule has 0 aliphatic rings. The Bertz CT molecular complexity index is 126. The Balaban J connectivity index is 4.02. The SMILES string of the molecule is CC(CBr)(CBr)CC(CCl)CCBr. The van der Waals surface area contributed by atoms with E-state index in [1.807, 2.05) is 0 Å². The van der Waals surface area contributed by atoms with E-state index < -0.39 is 0 Å². The normalized spacial score (nSPS) is 14.5. The molecule has 13 heavy (non-hydrogen) atoms. The Morgan fingerprint density at radius 3 is 2.08 bits per heavy atom. The molecular weight excluding hydrogens is 383 g/mol. The summed E-state index contributed by atoms with van der Waals surface area (Å²) in [5.41, 5.74) is 0.335. The summed E-state index contributed by atoms with van der Waals surface area (Å²) >= 11 is 16.5. The molecule has 0 amide bonds. The van der Waals surface area contributed by atoms with Crippen molar-refractivity contribution in [2.24, 2.45) is 11.3 Å². The summed E-state index contributed by atoms with van der Waals surface area (Å²) in [5.74, 6) is 1.39. The van der Waals surface area contributed by atoms with Crippen molar-refractivity contribution in [1.29, 1.82) is 0 Å². The highest BCUT2D eigenvalue weighted by Crippen LogP contribution is 2.32. The Morgan fingerprint density at radius 2 is 1.77 bits per heavy atom. The van der Waals surface area contributed by atoms with Crippen molar-refractivity contribution in [2.45, 2.75) is 19.8 Å². The third-order valence-corrected chi connectivity index (χ3v) is 5.76. The molecular formula is C9H16Br3Cl. The molecule has 4 heteroatoms. The number of hydrogen-bond donors (Lipinski definition) is 0. The van der Waals surface area contributed by atoms with E-state index in [4.69, 9.17) is 11.6 Å². The molecule has 0 radical (unpaired) electrons. The van der Waals surface area contributed by atoms with Crippen LogP contribution in [-0.2, 0) is 0 Å². The van der Waals surface area contributed by atoms with Crippen LogP contribution >= 0.6 is 59.4 Å². The maximum Gasteiger partial charge on any atom is 0.0252 e. The fourth-order valence-electron chi connectivity index (χ4n) is 1.23. The lowest BCUT2D eigenvalue weighted by molar-refractivity contribution is 0.323. The molecule has 0 fully saturated rings. The monoisotopic (exact) mass is 396 g/mol. The highest BCUT2D eigenvalue weighted by Gasteiger charge is 2.25. The van der Waals surface area contributed by atoms with Crippen LogP contribution in [0.2, 0.25) is 0 Å². The first kappa shape index (κ1) is 14.7. The Labute approximate surface area is 112 Å². The molecule has 0 aliphatic carbocycles. The molecule has 0 rings (SSSR count). The number of halogens is 4. The van der Waals surface area contributed by atoms with Gasteiger partial charge in [0.2, 0.25) is 0 Å². The van der Waals surface area contributed by atoms with Crippen molar-refractivity contribution in [3.63, 3.8) is 0 Å². The van der Waals surface area contributed by atoms with Crippen LogP contribution in [-0.4, -0.2) is 21.9 Å². The third-order valence-electron chi connectivity index (χ3n) is 2.16. The average Bonchev–Trinajstić information content (AvgIpc) is 2.17. The fourth-order valence-corrected chi connectivity index (χ4v) is 3.53. The van der Waals surface area contributed by atoms with E-state index in [1.54, 1.807) is 0 Å². The summed E-state index contributed by atoms with van der Waals surface area (Å²) in [6, 6.07) is 0. The molecule has 0 saturated heterocycles. The van der Waals surface area contributed by atoms with Gasteiger partial charge in [0.15, 0.2) is 0 Å². The minimum Gasteiger partial charge on any atom is -0.126 e. The second-order valence-corrected chi connectivity index (χ2v) is 6.00.